The quantitative estimate of drug-likeness (QED) is 0.714. The lowest BCUT2D eigenvalue weighted by Crippen LogP contribution is -2.26. The summed E-state index contributed by atoms with van der Waals surface area (Å²) in [5.74, 6) is 0.631. The Labute approximate surface area is 169 Å². The van der Waals surface area contributed by atoms with Crippen LogP contribution in [0.15, 0.2) is 54.5 Å². The molecule has 1 aromatic heterocycles. The summed E-state index contributed by atoms with van der Waals surface area (Å²) >= 11 is 1.49. The molecule has 0 radical (unpaired) electrons. The molecule has 0 bridgehead atoms. The third-order valence-corrected chi connectivity index (χ3v) is 5.34. The van der Waals surface area contributed by atoms with Crippen molar-refractivity contribution in [2.75, 3.05) is 17.2 Å². The topological polar surface area (TPSA) is 69.0 Å². The lowest BCUT2D eigenvalue weighted by Gasteiger charge is -2.22. The Balaban J connectivity index is 1.90. The number of anilines is 1. The predicted octanol–water partition coefficient (Wildman–Crippen LogP) is 4.39. The minimum Gasteiger partial charge on any atom is -0.330 e. The molecule has 0 aliphatic heterocycles. The molecule has 2 rings (SSSR count). The Morgan fingerprint density at radius 1 is 1.36 bits per heavy atom. The van der Waals surface area contributed by atoms with Gasteiger partial charge in [-0.2, -0.15) is 5.26 Å². The van der Waals surface area contributed by atoms with Gasteiger partial charge in [0.25, 0.3) is 0 Å². The van der Waals surface area contributed by atoms with E-state index in [2.05, 4.69) is 10.3 Å². The summed E-state index contributed by atoms with van der Waals surface area (Å²) in [6, 6.07) is 11.9. The van der Waals surface area contributed by atoms with E-state index in [1.54, 1.807) is 30.5 Å². The van der Waals surface area contributed by atoms with E-state index in [0.717, 1.165) is 11.3 Å². The van der Waals surface area contributed by atoms with Crippen LogP contribution in [0.1, 0.15) is 37.1 Å². The van der Waals surface area contributed by atoms with Gasteiger partial charge in [0.1, 0.15) is 17.7 Å². The van der Waals surface area contributed by atoms with Gasteiger partial charge in [0, 0.05) is 29.9 Å². The van der Waals surface area contributed by atoms with Crippen LogP contribution in [0.5, 0.6) is 0 Å². The number of nitrogens with one attached hydrogen (secondary N) is 1. The number of benzene rings is 1. The summed E-state index contributed by atoms with van der Waals surface area (Å²) < 4.78 is 13.0. The number of hydrogen-bond acceptors (Lipinski definition) is 5. The summed E-state index contributed by atoms with van der Waals surface area (Å²) in [6.45, 7) is 6.53. The summed E-state index contributed by atoms with van der Waals surface area (Å²) in [7, 11) is 0. The summed E-state index contributed by atoms with van der Waals surface area (Å²) in [5.41, 5.74) is 2.32. The normalized spacial score (nSPS) is 12.2. The highest BCUT2D eigenvalue weighted by Crippen LogP contribution is 2.27. The van der Waals surface area contributed by atoms with Crippen molar-refractivity contribution in [2.45, 2.75) is 26.0 Å². The molecular weight excluding hydrogens is 375 g/mol. The minimum atomic E-state index is -0.267. The Bertz CT molecular complexity index is 859. The highest BCUT2D eigenvalue weighted by atomic mass is 32.2. The molecule has 146 valence electrons. The van der Waals surface area contributed by atoms with Crippen LogP contribution < -0.4 is 10.2 Å². The SMILES string of the molecule is CCN(/C(C)=C/NC(=O)CSC(C)c1ccc(F)cc1)c1ccc(C#N)cn1. The van der Waals surface area contributed by atoms with E-state index < -0.39 is 0 Å². The van der Waals surface area contributed by atoms with Gasteiger partial charge in [0.15, 0.2) is 0 Å². The summed E-state index contributed by atoms with van der Waals surface area (Å²) in [4.78, 5) is 18.4. The smallest absolute Gasteiger partial charge is 0.233 e. The summed E-state index contributed by atoms with van der Waals surface area (Å²) in [6.07, 6.45) is 3.19. The van der Waals surface area contributed by atoms with Crippen molar-refractivity contribution in [3.63, 3.8) is 0 Å². The standard InChI is InChI=1S/C21H23FN4OS/c1-4-26(20-10-5-17(11-23)13-24-20)15(2)12-25-21(27)14-28-16(3)18-6-8-19(22)9-7-18/h5-10,12-13,16H,4,14H2,1-3H3,(H,25,27)/b15-12+. The highest BCUT2D eigenvalue weighted by Gasteiger charge is 2.11. The third kappa shape index (κ3) is 6.10. The number of carbonyl (C=O) groups is 1. The molecule has 0 saturated carbocycles. The van der Waals surface area contributed by atoms with Gasteiger partial charge in [-0.05, 0) is 50.6 Å². The molecule has 5 nitrogen and oxygen atoms in total. The number of halogens is 1. The number of allylic oxidation sites excluding steroid dienone is 1. The average Bonchev–Trinajstić information content (AvgIpc) is 2.72. The van der Waals surface area contributed by atoms with Crippen LogP contribution in [0.4, 0.5) is 10.2 Å². The molecule has 0 aliphatic carbocycles. The maximum absolute atomic E-state index is 13.0. The first-order valence-corrected chi connectivity index (χ1v) is 9.96. The monoisotopic (exact) mass is 398 g/mol. The zero-order chi connectivity index (χ0) is 20.5. The van der Waals surface area contributed by atoms with Crippen LogP contribution >= 0.6 is 11.8 Å². The molecule has 1 N–H and O–H groups in total. The van der Waals surface area contributed by atoms with Gasteiger partial charge in [-0.15, -0.1) is 11.8 Å². The number of pyridine rings is 1. The van der Waals surface area contributed by atoms with E-state index in [0.29, 0.717) is 23.7 Å². The average molecular weight is 399 g/mol. The molecule has 1 unspecified atom stereocenters. The third-order valence-electron chi connectivity index (χ3n) is 4.14. The summed E-state index contributed by atoms with van der Waals surface area (Å²) in [5, 5.41) is 11.8. The van der Waals surface area contributed by atoms with E-state index in [4.69, 9.17) is 5.26 Å². The van der Waals surface area contributed by atoms with Crippen molar-refractivity contribution < 1.29 is 9.18 Å². The second kappa shape index (κ2) is 10.5. The van der Waals surface area contributed by atoms with Crippen molar-refractivity contribution in [3.8, 4) is 6.07 Å². The number of thioether (sulfide) groups is 1. The molecular formula is C21H23FN4OS. The van der Waals surface area contributed by atoms with Crippen LogP contribution in [0.3, 0.4) is 0 Å². The molecule has 1 aromatic carbocycles. The number of nitriles is 1. The number of aromatic nitrogens is 1. The number of hydrogen-bond donors (Lipinski definition) is 1. The number of carbonyl (C=O) groups excluding carboxylic acids is 1. The van der Waals surface area contributed by atoms with Crippen LogP contribution in [-0.4, -0.2) is 23.2 Å². The fraction of sp³-hybridized carbons (Fsp3) is 0.286. The van der Waals surface area contributed by atoms with Crippen molar-refractivity contribution in [2.24, 2.45) is 0 Å². The predicted molar refractivity (Wildman–Crippen MR) is 111 cm³/mol. The van der Waals surface area contributed by atoms with Crippen LogP contribution in [-0.2, 0) is 4.79 Å². The number of rotatable bonds is 8. The molecule has 1 heterocycles. The molecule has 1 atom stereocenters. The first kappa shape index (κ1) is 21.5. The van der Waals surface area contributed by atoms with E-state index in [-0.39, 0.29) is 17.0 Å². The highest BCUT2D eigenvalue weighted by molar-refractivity contribution is 8.00. The maximum Gasteiger partial charge on any atom is 0.233 e. The second-order valence-electron chi connectivity index (χ2n) is 6.12. The Kier molecular flexibility index (Phi) is 8.02. The zero-order valence-corrected chi connectivity index (χ0v) is 17.0. The molecule has 28 heavy (non-hydrogen) atoms. The molecule has 0 aliphatic rings. The fourth-order valence-corrected chi connectivity index (χ4v) is 3.37. The van der Waals surface area contributed by atoms with E-state index in [1.807, 2.05) is 31.7 Å². The van der Waals surface area contributed by atoms with Gasteiger partial charge in [-0.25, -0.2) is 9.37 Å². The molecule has 0 saturated heterocycles. The van der Waals surface area contributed by atoms with Crippen molar-refractivity contribution in [1.29, 1.82) is 5.26 Å². The van der Waals surface area contributed by atoms with Crippen molar-refractivity contribution in [3.05, 3.63) is 71.4 Å². The Hall–Kier alpha value is -2.85. The van der Waals surface area contributed by atoms with Gasteiger partial charge >= 0.3 is 0 Å². The largest absolute Gasteiger partial charge is 0.330 e. The molecule has 2 aromatic rings. The Morgan fingerprint density at radius 3 is 2.64 bits per heavy atom. The van der Waals surface area contributed by atoms with Crippen LogP contribution in [0.25, 0.3) is 0 Å². The van der Waals surface area contributed by atoms with Crippen molar-refractivity contribution >= 4 is 23.5 Å². The van der Waals surface area contributed by atoms with Gasteiger partial charge in [0.2, 0.25) is 5.91 Å². The number of nitrogens with zero attached hydrogens (tertiary/aromatic N) is 3. The molecule has 0 spiro atoms. The second-order valence-corrected chi connectivity index (χ2v) is 7.45. The number of amides is 1. The van der Waals surface area contributed by atoms with Gasteiger partial charge < -0.3 is 10.2 Å². The van der Waals surface area contributed by atoms with Gasteiger partial charge in [-0.3, -0.25) is 4.79 Å². The Morgan fingerprint density at radius 2 is 2.07 bits per heavy atom. The van der Waals surface area contributed by atoms with Crippen molar-refractivity contribution in [1.82, 2.24) is 10.3 Å². The fourth-order valence-electron chi connectivity index (χ4n) is 2.54. The van der Waals surface area contributed by atoms with E-state index >= 15 is 0 Å². The lowest BCUT2D eigenvalue weighted by molar-refractivity contribution is -0.117. The van der Waals surface area contributed by atoms with Gasteiger partial charge in [0.05, 0.1) is 11.3 Å². The van der Waals surface area contributed by atoms with Crippen LogP contribution in [0, 0.1) is 17.1 Å². The van der Waals surface area contributed by atoms with E-state index in [9.17, 15) is 9.18 Å². The first-order chi connectivity index (χ1) is 13.4. The lowest BCUT2D eigenvalue weighted by atomic mass is 10.2. The van der Waals surface area contributed by atoms with Gasteiger partial charge in [-0.1, -0.05) is 12.1 Å². The molecule has 7 heteroatoms. The first-order valence-electron chi connectivity index (χ1n) is 8.91. The maximum atomic E-state index is 13.0. The van der Waals surface area contributed by atoms with Crippen LogP contribution in [0.2, 0.25) is 0 Å². The zero-order valence-electron chi connectivity index (χ0n) is 16.1. The minimum absolute atomic E-state index is 0.0893. The van der Waals surface area contributed by atoms with E-state index in [1.165, 1.54) is 30.1 Å². The molecule has 1 amide bonds. The molecule has 0 fully saturated rings.